The first-order valence-electron chi connectivity index (χ1n) is 12.0. The SMILES string of the molecule is O=C(Nc1cncc(OC[C@@H](O)CO)c1)N1c2nc(-c3cccc(C(F)(F)F)c3)ncc2N2CCCC1C2. The highest BCUT2D eigenvalue weighted by Crippen LogP contribution is 2.39. The van der Waals surface area contributed by atoms with Gasteiger partial charge in [-0.15, -0.1) is 0 Å². The number of pyridine rings is 1. The van der Waals surface area contributed by atoms with Gasteiger partial charge in [0.05, 0.1) is 48.2 Å². The summed E-state index contributed by atoms with van der Waals surface area (Å²) in [5, 5.41) is 21.2. The predicted molar refractivity (Wildman–Crippen MR) is 132 cm³/mol. The van der Waals surface area contributed by atoms with Crippen LogP contribution in [0.25, 0.3) is 11.4 Å². The van der Waals surface area contributed by atoms with Crippen LogP contribution in [-0.2, 0) is 6.18 Å². The molecule has 1 aromatic carbocycles. The molecule has 1 saturated heterocycles. The minimum atomic E-state index is -4.51. The van der Waals surface area contributed by atoms with Gasteiger partial charge in [-0.05, 0) is 25.0 Å². The molecule has 13 heteroatoms. The molecule has 1 fully saturated rings. The van der Waals surface area contributed by atoms with E-state index in [4.69, 9.17) is 9.84 Å². The molecule has 2 aliphatic heterocycles. The van der Waals surface area contributed by atoms with Crippen molar-refractivity contribution in [3.8, 4) is 17.1 Å². The molecule has 2 aliphatic rings. The number of urea groups is 1. The maximum atomic E-state index is 13.5. The van der Waals surface area contributed by atoms with Crippen LogP contribution in [-0.4, -0.2) is 69.6 Å². The molecule has 0 saturated carbocycles. The number of aliphatic hydroxyl groups is 2. The molecule has 0 radical (unpaired) electrons. The van der Waals surface area contributed by atoms with Crippen LogP contribution in [0.1, 0.15) is 18.4 Å². The molecule has 3 N–H and O–H groups in total. The largest absolute Gasteiger partial charge is 0.489 e. The van der Waals surface area contributed by atoms with Crippen LogP contribution >= 0.6 is 0 Å². The number of alkyl halides is 3. The van der Waals surface area contributed by atoms with E-state index in [9.17, 15) is 23.1 Å². The summed E-state index contributed by atoms with van der Waals surface area (Å²) in [6.45, 7) is 0.727. The van der Waals surface area contributed by atoms with E-state index in [0.717, 1.165) is 31.5 Å². The van der Waals surface area contributed by atoms with E-state index < -0.39 is 30.5 Å². The summed E-state index contributed by atoms with van der Waals surface area (Å²) >= 11 is 0. The van der Waals surface area contributed by atoms with Gasteiger partial charge in [-0.3, -0.25) is 9.88 Å². The fourth-order valence-corrected chi connectivity index (χ4v) is 4.55. The van der Waals surface area contributed by atoms with Gasteiger partial charge in [0.1, 0.15) is 18.5 Å². The maximum Gasteiger partial charge on any atom is 0.416 e. The van der Waals surface area contributed by atoms with E-state index in [1.807, 2.05) is 0 Å². The smallest absolute Gasteiger partial charge is 0.416 e. The zero-order chi connectivity index (χ0) is 26.9. The Morgan fingerprint density at radius 3 is 2.87 bits per heavy atom. The number of halogens is 3. The third kappa shape index (κ3) is 5.34. The molecule has 2 aromatic heterocycles. The Labute approximate surface area is 215 Å². The summed E-state index contributed by atoms with van der Waals surface area (Å²) in [5.41, 5.74) is 0.332. The van der Waals surface area contributed by atoms with Gasteiger partial charge in [0.15, 0.2) is 11.6 Å². The van der Waals surface area contributed by atoms with Crippen LogP contribution in [0.5, 0.6) is 5.75 Å². The lowest BCUT2D eigenvalue weighted by molar-refractivity contribution is -0.137. The van der Waals surface area contributed by atoms with Crippen molar-refractivity contribution in [2.45, 2.75) is 31.2 Å². The predicted octanol–water partition coefficient (Wildman–Crippen LogP) is 3.31. The minimum absolute atomic E-state index is 0.0772. The lowest BCUT2D eigenvalue weighted by Gasteiger charge is -2.45. The number of hydrogen-bond donors (Lipinski definition) is 3. The van der Waals surface area contributed by atoms with Gasteiger partial charge in [-0.2, -0.15) is 13.2 Å². The number of aromatic nitrogens is 3. The van der Waals surface area contributed by atoms with E-state index in [-0.39, 0.29) is 29.8 Å². The standard InChI is InChI=1S/C25H25F3N6O4/c26-25(27,28)16-4-1-3-15(7-16)22-30-11-21-23(32-22)34(18-5-2-6-33(21)12-18)24(37)31-17-8-20(10-29-9-17)38-14-19(36)13-35/h1,3-4,7-11,18-19,35-36H,2,5-6,12-14H2,(H,31,37)/t18?,19-/m0/s1. The lowest BCUT2D eigenvalue weighted by atomic mass is 10.0. The average molecular weight is 531 g/mol. The molecular weight excluding hydrogens is 505 g/mol. The maximum absolute atomic E-state index is 13.5. The quantitative estimate of drug-likeness (QED) is 0.444. The van der Waals surface area contributed by atoms with Gasteiger partial charge in [-0.25, -0.2) is 14.8 Å². The first kappa shape index (κ1) is 25.7. The van der Waals surface area contributed by atoms with Crippen molar-refractivity contribution in [1.29, 1.82) is 0 Å². The number of piperidine rings is 1. The van der Waals surface area contributed by atoms with Crippen molar-refractivity contribution in [3.63, 3.8) is 0 Å². The molecule has 0 spiro atoms. The number of amides is 2. The van der Waals surface area contributed by atoms with Gasteiger partial charge in [0.2, 0.25) is 0 Å². The molecule has 5 rings (SSSR count). The molecule has 2 atom stereocenters. The minimum Gasteiger partial charge on any atom is -0.489 e. The summed E-state index contributed by atoms with van der Waals surface area (Å²) in [7, 11) is 0. The van der Waals surface area contributed by atoms with E-state index in [0.29, 0.717) is 23.7 Å². The first-order chi connectivity index (χ1) is 18.2. The van der Waals surface area contributed by atoms with Crippen molar-refractivity contribution in [2.24, 2.45) is 0 Å². The molecule has 38 heavy (non-hydrogen) atoms. The van der Waals surface area contributed by atoms with E-state index in [2.05, 4.69) is 25.2 Å². The van der Waals surface area contributed by atoms with Crippen LogP contribution in [0.4, 0.5) is 35.2 Å². The van der Waals surface area contributed by atoms with Crippen LogP contribution < -0.4 is 19.9 Å². The number of rotatable bonds is 6. The number of benzene rings is 1. The highest BCUT2D eigenvalue weighted by Gasteiger charge is 2.39. The molecule has 1 unspecified atom stereocenters. The summed E-state index contributed by atoms with van der Waals surface area (Å²) < 4.78 is 45.2. The monoisotopic (exact) mass is 530 g/mol. The van der Waals surface area contributed by atoms with Gasteiger partial charge in [0, 0.05) is 24.7 Å². The number of carbonyl (C=O) groups excluding carboxylic acids is 1. The summed E-state index contributed by atoms with van der Waals surface area (Å²) in [6.07, 6.45) is 0.388. The van der Waals surface area contributed by atoms with Crippen molar-refractivity contribution in [1.82, 2.24) is 15.0 Å². The van der Waals surface area contributed by atoms with Crippen LogP contribution in [0, 0.1) is 0 Å². The van der Waals surface area contributed by atoms with Crippen LogP contribution in [0.15, 0.2) is 48.9 Å². The zero-order valence-electron chi connectivity index (χ0n) is 20.1. The van der Waals surface area contributed by atoms with Crippen molar-refractivity contribution >= 4 is 23.2 Å². The van der Waals surface area contributed by atoms with Crippen molar-refractivity contribution in [2.75, 3.05) is 41.4 Å². The number of ether oxygens (including phenoxy) is 1. The number of nitrogens with one attached hydrogen (secondary N) is 1. The van der Waals surface area contributed by atoms with Gasteiger partial charge in [-0.1, -0.05) is 12.1 Å². The molecule has 2 bridgehead atoms. The number of anilines is 3. The number of carbonyl (C=O) groups is 1. The fourth-order valence-electron chi connectivity index (χ4n) is 4.55. The van der Waals surface area contributed by atoms with E-state index in [1.54, 1.807) is 6.20 Å². The summed E-state index contributed by atoms with van der Waals surface area (Å²) in [6, 6.07) is 5.60. The van der Waals surface area contributed by atoms with Gasteiger partial charge < -0.3 is 25.2 Å². The van der Waals surface area contributed by atoms with Crippen molar-refractivity contribution < 1.29 is 32.9 Å². The summed E-state index contributed by atoms with van der Waals surface area (Å²) in [5.74, 6) is 0.674. The molecular formula is C25H25F3N6O4. The third-order valence-electron chi connectivity index (χ3n) is 6.37. The average Bonchev–Trinajstić information content (AvgIpc) is 2.91. The molecule has 2 amide bonds. The Bertz CT molecular complexity index is 1320. The number of fused-ring (bicyclic) bond motifs is 4. The number of hydrogen-bond acceptors (Lipinski definition) is 8. The molecule has 3 aromatic rings. The van der Waals surface area contributed by atoms with Gasteiger partial charge in [0.25, 0.3) is 0 Å². The normalized spacial score (nSPS) is 17.6. The second kappa shape index (κ2) is 10.4. The Balaban J connectivity index is 1.44. The number of nitrogens with zero attached hydrogens (tertiary/aromatic N) is 5. The van der Waals surface area contributed by atoms with E-state index in [1.165, 1.54) is 35.5 Å². The Kier molecular flexibility index (Phi) is 7.04. The highest BCUT2D eigenvalue weighted by molar-refractivity contribution is 6.04. The van der Waals surface area contributed by atoms with Crippen molar-refractivity contribution in [3.05, 3.63) is 54.5 Å². The van der Waals surface area contributed by atoms with Crippen LogP contribution in [0.2, 0.25) is 0 Å². The molecule has 4 heterocycles. The lowest BCUT2D eigenvalue weighted by Crippen LogP contribution is -2.56. The Morgan fingerprint density at radius 1 is 1.24 bits per heavy atom. The Morgan fingerprint density at radius 2 is 2.08 bits per heavy atom. The van der Waals surface area contributed by atoms with Crippen LogP contribution in [0.3, 0.4) is 0 Å². The summed E-state index contributed by atoms with van der Waals surface area (Å²) in [4.78, 5) is 30.1. The Hall–Kier alpha value is -3.97. The second-order valence-corrected chi connectivity index (χ2v) is 9.08. The highest BCUT2D eigenvalue weighted by atomic mass is 19.4. The second-order valence-electron chi connectivity index (χ2n) is 9.08. The first-order valence-corrected chi connectivity index (χ1v) is 12.0. The molecule has 200 valence electrons. The molecule has 0 aliphatic carbocycles. The van der Waals surface area contributed by atoms with E-state index >= 15 is 0 Å². The topological polar surface area (TPSA) is 124 Å². The zero-order valence-corrected chi connectivity index (χ0v) is 20.1. The van der Waals surface area contributed by atoms with Gasteiger partial charge >= 0.3 is 12.2 Å². The number of aliphatic hydroxyl groups excluding tert-OH is 2. The fraction of sp³-hybridized carbons (Fsp3) is 0.360. The molecule has 10 nitrogen and oxygen atoms in total. The third-order valence-corrected chi connectivity index (χ3v) is 6.37.